The molecule has 0 radical (unpaired) electrons. The van der Waals surface area contributed by atoms with Gasteiger partial charge in [-0.3, -0.25) is 10.4 Å². The van der Waals surface area contributed by atoms with Crippen LogP contribution in [0.2, 0.25) is 0 Å². The summed E-state index contributed by atoms with van der Waals surface area (Å²) < 4.78 is 4.89. The van der Waals surface area contributed by atoms with E-state index in [4.69, 9.17) is 9.51 Å². The number of nitrogens with zero attached hydrogens (tertiary/aromatic N) is 4. The smallest absolute Gasteiger partial charge is 0.323 e. The van der Waals surface area contributed by atoms with Crippen molar-refractivity contribution in [3.05, 3.63) is 23.5 Å². The van der Waals surface area contributed by atoms with E-state index in [0.29, 0.717) is 30.1 Å². The van der Waals surface area contributed by atoms with Crippen LogP contribution in [0, 0.1) is 18.8 Å². The Balaban J connectivity index is 1.33. The molecule has 0 aromatic carbocycles. The van der Waals surface area contributed by atoms with E-state index in [-0.39, 0.29) is 11.9 Å². The quantitative estimate of drug-likeness (QED) is 0.890. The first kappa shape index (κ1) is 14.9. The van der Waals surface area contributed by atoms with Crippen molar-refractivity contribution < 1.29 is 9.32 Å². The van der Waals surface area contributed by atoms with Crippen molar-refractivity contribution in [3.8, 4) is 0 Å². The molecule has 2 aliphatic carbocycles. The number of carbonyl (C=O) groups excluding carboxylic acids is 1. The maximum absolute atomic E-state index is 12.6. The molecule has 0 unspecified atom stereocenters. The molecule has 8 nitrogen and oxygen atoms in total. The van der Waals surface area contributed by atoms with E-state index in [2.05, 4.69) is 20.7 Å². The average Bonchev–Trinajstić information content (AvgIpc) is 3.50. The summed E-state index contributed by atoms with van der Waals surface area (Å²) in [7, 11) is 0. The number of aryl methyl sites for hydroxylation is 1. The van der Waals surface area contributed by atoms with Gasteiger partial charge in [0.25, 0.3) is 0 Å². The van der Waals surface area contributed by atoms with Gasteiger partial charge in [-0.25, -0.2) is 9.78 Å². The van der Waals surface area contributed by atoms with E-state index < -0.39 is 0 Å². The monoisotopic (exact) mass is 342 g/mol. The zero-order chi connectivity index (χ0) is 17.0. The van der Waals surface area contributed by atoms with E-state index in [9.17, 15) is 4.79 Å². The molecule has 2 aromatic heterocycles. The van der Waals surface area contributed by atoms with E-state index in [1.54, 1.807) is 0 Å². The summed E-state index contributed by atoms with van der Waals surface area (Å²) in [6.07, 6.45) is 6.42. The first-order valence-corrected chi connectivity index (χ1v) is 9.08. The number of H-pyrrole nitrogens is 1. The van der Waals surface area contributed by atoms with Crippen molar-refractivity contribution in [1.82, 2.24) is 25.2 Å². The van der Waals surface area contributed by atoms with Crippen molar-refractivity contribution in [1.29, 1.82) is 0 Å². The molecule has 132 valence electrons. The fourth-order valence-electron chi connectivity index (χ4n) is 3.85. The number of likely N-dealkylation sites (tertiary alicyclic amines) is 1. The minimum atomic E-state index is -0.118. The third kappa shape index (κ3) is 2.79. The summed E-state index contributed by atoms with van der Waals surface area (Å²) in [6, 6.07) is -0.118. The Morgan fingerprint density at radius 2 is 2.16 bits per heavy atom. The molecule has 3 heterocycles. The van der Waals surface area contributed by atoms with Crippen LogP contribution in [0.1, 0.15) is 54.7 Å². The molecule has 5 rings (SSSR count). The van der Waals surface area contributed by atoms with Gasteiger partial charge in [0, 0.05) is 30.5 Å². The Kier molecular flexibility index (Phi) is 3.33. The van der Waals surface area contributed by atoms with Gasteiger partial charge in [-0.2, -0.15) is 5.10 Å². The zero-order valence-electron chi connectivity index (χ0n) is 14.2. The zero-order valence-corrected chi connectivity index (χ0v) is 14.2. The second-order valence-corrected chi connectivity index (χ2v) is 7.64. The molecule has 2 amide bonds. The number of hydrogen-bond acceptors (Lipinski definition) is 5. The summed E-state index contributed by atoms with van der Waals surface area (Å²) in [6.45, 7) is 3.29. The normalized spacial score (nSPS) is 26.2. The number of anilines is 1. The van der Waals surface area contributed by atoms with Crippen LogP contribution in [-0.2, 0) is 0 Å². The lowest BCUT2D eigenvalue weighted by atomic mass is 9.91. The molecule has 0 bridgehead atoms. The Hall–Kier alpha value is -2.38. The van der Waals surface area contributed by atoms with Crippen molar-refractivity contribution >= 4 is 11.8 Å². The SMILES string of the molecule is Cc1conc1NC(=O)N1C[C@@H](c2nc(C3CC3)n[nH]2)[C@H](C2CC2)C1. The molecule has 2 saturated carbocycles. The molecule has 1 saturated heterocycles. The highest BCUT2D eigenvalue weighted by molar-refractivity contribution is 5.89. The fourth-order valence-corrected chi connectivity index (χ4v) is 3.85. The highest BCUT2D eigenvalue weighted by atomic mass is 16.5. The molecule has 2 atom stereocenters. The number of aromatic nitrogens is 4. The van der Waals surface area contributed by atoms with Crippen LogP contribution in [-0.4, -0.2) is 44.4 Å². The first-order chi connectivity index (χ1) is 12.2. The molecule has 25 heavy (non-hydrogen) atoms. The molecular formula is C17H22N6O2. The van der Waals surface area contributed by atoms with E-state index in [1.807, 2.05) is 11.8 Å². The predicted molar refractivity (Wildman–Crippen MR) is 89.1 cm³/mol. The Morgan fingerprint density at radius 1 is 1.32 bits per heavy atom. The fraction of sp³-hybridized carbons (Fsp3) is 0.647. The third-order valence-corrected chi connectivity index (χ3v) is 5.67. The number of amides is 2. The van der Waals surface area contributed by atoms with Crippen molar-refractivity contribution in [2.24, 2.45) is 11.8 Å². The van der Waals surface area contributed by atoms with Gasteiger partial charge in [-0.15, -0.1) is 0 Å². The van der Waals surface area contributed by atoms with Gasteiger partial charge in [-0.1, -0.05) is 5.16 Å². The second-order valence-electron chi connectivity index (χ2n) is 7.64. The number of aromatic amines is 1. The van der Waals surface area contributed by atoms with Gasteiger partial charge in [0.05, 0.1) is 0 Å². The summed E-state index contributed by atoms with van der Waals surface area (Å²) in [5.41, 5.74) is 0.826. The number of nitrogens with one attached hydrogen (secondary N) is 2. The molecule has 2 aromatic rings. The lowest BCUT2D eigenvalue weighted by Gasteiger charge is -2.16. The molecule has 3 aliphatic rings. The first-order valence-electron chi connectivity index (χ1n) is 9.08. The number of rotatable bonds is 4. The van der Waals surface area contributed by atoms with Crippen LogP contribution in [0.4, 0.5) is 10.6 Å². The molecular weight excluding hydrogens is 320 g/mol. The molecule has 1 aliphatic heterocycles. The van der Waals surface area contributed by atoms with Crippen LogP contribution in [0.5, 0.6) is 0 Å². The van der Waals surface area contributed by atoms with Gasteiger partial charge >= 0.3 is 6.03 Å². The van der Waals surface area contributed by atoms with Gasteiger partial charge < -0.3 is 9.42 Å². The van der Waals surface area contributed by atoms with Gasteiger partial charge in [-0.05, 0) is 44.4 Å². The molecule has 3 fully saturated rings. The van der Waals surface area contributed by atoms with E-state index in [0.717, 1.165) is 23.8 Å². The van der Waals surface area contributed by atoms with Gasteiger partial charge in [0.15, 0.2) is 11.6 Å². The van der Waals surface area contributed by atoms with Crippen molar-refractivity contribution in [2.75, 3.05) is 18.4 Å². The van der Waals surface area contributed by atoms with Crippen LogP contribution >= 0.6 is 0 Å². The van der Waals surface area contributed by atoms with Crippen molar-refractivity contribution in [2.45, 2.75) is 44.4 Å². The number of hydrogen-bond donors (Lipinski definition) is 2. The lowest BCUT2D eigenvalue weighted by molar-refractivity contribution is 0.219. The summed E-state index contributed by atoms with van der Waals surface area (Å²) in [4.78, 5) is 19.3. The van der Waals surface area contributed by atoms with Crippen LogP contribution in [0.3, 0.4) is 0 Å². The summed E-state index contributed by atoms with van der Waals surface area (Å²) in [5.74, 6) is 4.34. The minimum Gasteiger partial charge on any atom is -0.362 e. The Labute approximate surface area is 145 Å². The van der Waals surface area contributed by atoms with E-state index in [1.165, 1.54) is 31.9 Å². The summed E-state index contributed by atoms with van der Waals surface area (Å²) >= 11 is 0. The van der Waals surface area contributed by atoms with Crippen LogP contribution in [0.25, 0.3) is 0 Å². The second kappa shape index (κ2) is 5.57. The van der Waals surface area contributed by atoms with Crippen LogP contribution < -0.4 is 5.32 Å². The average molecular weight is 342 g/mol. The Morgan fingerprint density at radius 3 is 2.84 bits per heavy atom. The third-order valence-electron chi connectivity index (χ3n) is 5.67. The standard InChI is InChI=1S/C17H22N6O2/c1-9-8-25-22-14(9)19-17(24)23-6-12(10-2-3-10)13(7-23)16-18-15(20-21-16)11-4-5-11/h8,10-13H,2-7H2,1H3,(H,18,20,21)(H,19,22,24)/t12-,13+/m0/s1. The van der Waals surface area contributed by atoms with Gasteiger partial charge in [0.2, 0.25) is 0 Å². The lowest BCUT2D eigenvalue weighted by Crippen LogP contribution is -2.33. The van der Waals surface area contributed by atoms with E-state index >= 15 is 0 Å². The molecule has 2 N–H and O–H groups in total. The maximum Gasteiger partial charge on any atom is 0.323 e. The predicted octanol–water partition coefficient (Wildman–Crippen LogP) is 2.64. The Bertz CT molecular complexity index is 791. The van der Waals surface area contributed by atoms with Crippen LogP contribution in [0.15, 0.2) is 10.8 Å². The van der Waals surface area contributed by atoms with Gasteiger partial charge in [0.1, 0.15) is 12.1 Å². The number of carbonyl (C=O) groups is 1. The summed E-state index contributed by atoms with van der Waals surface area (Å²) in [5, 5.41) is 14.2. The van der Waals surface area contributed by atoms with Crippen molar-refractivity contribution in [3.63, 3.8) is 0 Å². The number of urea groups is 1. The topological polar surface area (TPSA) is 99.9 Å². The molecule has 0 spiro atoms. The minimum absolute atomic E-state index is 0.118. The maximum atomic E-state index is 12.6. The largest absolute Gasteiger partial charge is 0.362 e. The molecule has 8 heteroatoms. The highest BCUT2D eigenvalue weighted by Crippen LogP contribution is 2.47. The highest BCUT2D eigenvalue weighted by Gasteiger charge is 2.46.